The van der Waals surface area contributed by atoms with Crippen molar-refractivity contribution in [2.24, 2.45) is 0 Å². The smallest absolute Gasteiger partial charge is 0.253 e. The highest BCUT2D eigenvalue weighted by Gasteiger charge is 2.42. The molecule has 1 aromatic carbocycles. The van der Waals surface area contributed by atoms with E-state index >= 15 is 0 Å². The Balaban J connectivity index is 1.90. The molecule has 0 bridgehead atoms. The van der Waals surface area contributed by atoms with Crippen LogP contribution in [0.1, 0.15) is 6.42 Å². The maximum atomic E-state index is 13.8. The monoisotopic (exact) mass is 250 g/mol. The number of anilines is 1. The van der Waals surface area contributed by atoms with E-state index in [1.807, 2.05) is 0 Å². The van der Waals surface area contributed by atoms with Crippen molar-refractivity contribution < 1.29 is 13.9 Å². The van der Waals surface area contributed by atoms with E-state index in [9.17, 15) is 9.18 Å². The van der Waals surface area contributed by atoms with Gasteiger partial charge in [0.25, 0.3) is 5.91 Å². The molecule has 0 aliphatic carbocycles. The second-order valence-corrected chi connectivity index (χ2v) is 4.83. The number of ether oxygens (including phenoxy) is 1. The Morgan fingerprint density at radius 2 is 2.22 bits per heavy atom. The molecule has 0 saturated carbocycles. The van der Waals surface area contributed by atoms with Gasteiger partial charge in [0.15, 0.2) is 0 Å². The first-order valence-corrected chi connectivity index (χ1v) is 6.10. The van der Waals surface area contributed by atoms with Gasteiger partial charge in [0.05, 0.1) is 12.2 Å². The van der Waals surface area contributed by atoms with Crippen LogP contribution < -0.4 is 10.2 Å². The summed E-state index contributed by atoms with van der Waals surface area (Å²) in [6.07, 6.45) is 0.852. The van der Waals surface area contributed by atoms with Crippen molar-refractivity contribution >= 4 is 11.6 Å². The van der Waals surface area contributed by atoms with Gasteiger partial charge in [-0.15, -0.1) is 0 Å². The third-order valence-corrected chi connectivity index (χ3v) is 3.60. The van der Waals surface area contributed by atoms with Gasteiger partial charge in [-0.05, 0) is 25.1 Å². The number of morpholine rings is 1. The number of carbonyl (C=O) groups excluding carboxylic acids is 1. The summed E-state index contributed by atoms with van der Waals surface area (Å²) >= 11 is 0. The molecule has 2 aliphatic heterocycles. The molecule has 3 rings (SSSR count). The van der Waals surface area contributed by atoms with E-state index < -0.39 is 0 Å². The highest BCUT2D eigenvalue weighted by Crippen LogP contribution is 2.29. The molecular weight excluding hydrogens is 235 g/mol. The topological polar surface area (TPSA) is 41.6 Å². The Morgan fingerprint density at radius 3 is 2.94 bits per heavy atom. The number of para-hydroxylation sites is 1. The largest absolute Gasteiger partial charge is 0.362 e. The van der Waals surface area contributed by atoms with Gasteiger partial charge in [-0.25, -0.2) is 4.39 Å². The van der Waals surface area contributed by atoms with Crippen LogP contribution in [0.3, 0.4) is 0 Å². The molecule has 96 valence electrons. The molecule has 1 amide bonds. The van der Waals surface area contributed by atoms with Crippen LogP contribution in [0.25, 0.3) is 0 Å². The Labute approximate surface area is 105 Å². The number of nitrogens with one attached hydrogen (secondary N) is 1. The molecule has 1 atom stereocenters. The zero-order valence-electron chi connectivity index (χ0n) is 9.99. The first-order chi connectivity index (χ1) is 8.70. The van der Waals surface area contributed by atoms with E-state index in [-0.39, 0.29) is 23.9 Å². The summed E-state index contributed by atoms with van der Waals surface area (Å²) in [6, 6.07) is 6.36. The fraction of sp³-hybridized carbons (Fsp3) is 0.462. The minimum Gasteiger partial charge on any atom is -0.362 e. The Bertz CT molecular complexity index is 472. The molecule has 1 aromatic rings. The lowest BCUT2D eigenvalue weighted by Gasteiger charge is -2.39. The van der Waals surface area contributed by atoms with Crippen LogP contribution in [0.2, 0.25) is 0 Å². The SMILES string of the molecule is O=C1COC2(CCNC2)CN1c1ccccc1F. The number of carbonyl (C=O) groups is 1. The zero-order valence-corrected chi connectivity index (χ0v) is 9.99. The fourth-order valence-corrected chi connectivity index (χ4v) is 2.58. The van der Waals surface area contributed by atoms with Crippen molar-refractivity contribution in [3.05, 3.63) is 30.1 Å². The fourth-order valence-electron chi connectivity index (χ4n) is 2.58. The molecule has 4 nitrogen and oxygen atoms in total. The molecule has 18 heavy (non-hydrogen) atoms. The zero-order chi connectivity index (χ0) is 12.6. The van der Waals surface area contributed by atoms with Crippen molar-refractivity contribution in [1.29, 1.82) is 0 Å². The number of benzene rings is 1. The normalized spacial score (nSPS) is 28.1. The number of rotatable bonds is 1. The summed E-state index contributed by atoms with van der Waals surface area (Å²) in [4.78, 5) is 13.4. The summed E-state index contributed by atoms with van der Waals surface area (Å²) < 4.78 is 19.4. The highest BCUT2D eigenvalue weighted by atomic mass is 19.1. The van der Waals surface area contributed by atoms with Crippen LogP contribution in [-0.4, -0.2) is 37.7 Å². The second-order valence-electron chi connectivity index (χ2n) is 4.83. The maximum absolute atomic E-state index is 13.8. The first kappa shape index (κ1) is 11.6. The van der Waals surface area contributed by atoms with Gasteiger partial charge in [0, 0.05) is 6.54 Å². The van der Waals surface area contributed by atoms with E-state index in [4.69, 9.17) is 4.74 Å². The third-order valence-electron chi connectivity index (χ3n) is 3.60. The average Bonchev–Trinajstić information content (AvgIpc) is 2.82. The molecule has 2 saturated heterocycles. The van der Waals surface area contributed by atoms with Crippen LogP contribution >= 0.6 is 0 Å². The van der Waals surface area contributed by atoms with Crippen LogP contribution in [0.4, 0.5) is 10.1 Å². The van der Waals surface area contributed by atoms with Crippen LogP contribution in [0, 0.1) is 5.82 Å². The molecule has 1 unspecified atom stereocenters. The van der Waals surface area contributed by atoms with Gasteiger partial charge in [-0.3, -0.25) is 4.79 Å². The van der Waals surface area contributed by atoms with Gasteiger partial charge in [-0.1, -0.05) is 12.1 Å². The lowest BCUT2D eigenvalue weighted by atomic mass is 10.00. The van der Waals surface area contributed by atoms with Crippen molar-refractivity contribution in [1.82, 2.24) is 5.32 Å². The van der Waals surface area contributed by atoms with Gasteiger partial charge < -0.3 is 15.0 Å². The molecule has 1 N–H and O–H groups in total. The lowest BCUT2D eigenvalue weighted by molar-refractivity contribution is -0.136. The Kier molecular flexibility index (Phi) is 2.80. The van der Waals surface area contributed by atoms with Crippen LogP contribution in [0.15, 0.2) is 24.3 Å². The third kappa shape index (κ3) is 1.89. The molecule has 2 heterocycles. The minimum absolute atomic E-state index is 0.0238. The van der Waals surface area contributed by atoms with Crippen LogP contribution in [0.5, 0.6) is 0 Å². The summed E-state index contributed by atoms with van der Waals surface area (Å²) in [5.74, 6) is -0.550. The predicted molar refractivity (Wildman–Crippen MR) is 64.9 cm³/mol. The Morgan fingerprint density at radius 1 is 1.39 bits per heavy atom. The maximum Gasteiger partial charge on any atom is 0.253 e. The molecule has 0 aromatic heterocycles. The number of amides is 1. The predicted octanol–water partition coefficient (Wildman–Crippen LogP) is 0.921. The van der Waals surface area contributed by atoms with Crippen molar-refractivity contribution in [3.8, 4) is 0 Å². The molecule has 1 spiro atoms. The number of halogens is 1. The second kappa shape index (κ2) is 4.33. The van der Waals surface area contributed by atoms with E-state index in [2.05, 4.69) is 5.32 Å². The van der Waals surface area contributed by atoms with Gasteiger partial charge in [0.1, 0.15) is 18.0 Å². The molecular formula is C13H15FN2O2. The first-order valence-electron chi connectivity index (χ1n) is 6.10. The van der Waals surface area contributed by atoms with E-state index in [0.717, 1.165) is 13.0 Å². The number of hydrogen-bond donors (Lipinski definition) is 1. The van der Waals surface area contributed by atoms with Crippen LogP contribution in [-0.2, 0) is 9.53 Å². The molecule has 2 aliphatic rings. The molecule has 2 fully saturated rings. The minimum atomic E-state index is -0.367. The summed E-state index contributed by atoms with van der Waals surface area (Å²) in [7, 11) is 0. The quantitative estimate of drug-likeness (QED) is 0.806. The van der Waals surface area contributed by atoms with Gasteiger partial charge >= 0.3 is 0 Å². The van der Waals surface area contributed by atoms with Crippen molar-refractivity contribution in [2.45, 2.75) is 12.0 Å². The average molecular weight is 250 g/mol. The van der Waals surface area contributed by atoms with Gasteiger partial charge in [-0.2, -0.15) is 0 Å². The van der Waals surface area contributed by atoms with E-state index in [0.29, 0.717) is 18.8 Å². The van der Waals surface area contributed by atoms with Gasteiger partial charge in [0.2, 0.25) is 0 Å². The van der Waals surface area contributed by atoms with Crippen molar-refractivity contribution in [2.75, 3.05) is 31.1 Å². The molecule has 0 radical (unpaired) electrons. The Hall–Kier alpha value is -1.46. The summed E-state index contributed by atoms with van der Waals surface area (Å²) in [6.45, 7) is 2.03. The summed E-state index contributed by atoms with van der Waals surface area (Å²) in [5.41, 5.74) is -0.00649. The van der Waals surface area contributed by atoms with E-state index in [1.165, 1.54) is 11.0 Å². The number of nitrogens with zero attached hydrogens (tertiary/aromatic N) is 1. The molecule has 5 heteroatoms. The number of hydrogen-bond acceptors (Lipinski definition) is 3. The standard InChI is InChI=1S/C13H15FN2O2/c14-10-3-1-2-4-11(10)16-9-13(5-6-15-8-13)18-7-12(16)17/h1-4,15H,5-9H2. The summed E-state index contributed by atoms with van der Waals surface area (Å²) in [5, 5.41) is 3.23. The van der Waals surface area contributed by atoms with E-state index in [1.54, 1.807) is 18.2 Å². The lowest BCUT2D eigenvalue weighted by Crippen LogP contribution is -2.56. The van der Waals surface area contributed by atoms with Crippen molar-refractivity contribution in [3.63, 3.8) is 0 Å². The highest BCUT2D eigenvalue weighted by molar-refractivity contribution is 5.95.